The monoisotopic (exact) mass is 448 g/mol. The zero-order valence-electron chi connectivity index (χ0n) is 14.0. The van der Waals surface area contributed by atoms with Gasteiger partial charge < -0.3 is 15.4 Å². The number of fused-ring (bicyclic) bond motifs is 2. The van der Waals surface area contributed by atoms with Crippen LogP contribution in [0.15, 0.2) is 42.5 Å². The van der Waals surface area contributed by atoms with Crippen molar-refractivity contribution in [3.8, 4) is 5.75 Å². The van der Waals surface area contributed by atoms with E-state index in [-0.39, 0.29) is 11.3 Å². The number of ether oxygens (including phenoxy) is 1. The minimum atomic E-state index is 0.0302. The van der Waals surface area contributed by atoms with Crippen molar-refractivity contribution in [3.63, 3.8) is 0 Å². The fourth-order valence-electron chi connectivity index (χ4n) is 3.89. The number of benzene rings is 2. The standard InChI is InChI=1S/C20H21IN2O2/c21-16-3-1-2-15(11-16)19(24)23-8-6-20(7-9-23)13-25-18-5-4-14(12-22)10-17(18)20/h1-5,10-11H,6-9,12-13,22H2. The SMILES string of the molecule is NCc1ccc2c(c1)C1(CCN(C(=O)c3cccc(I)c3)CC1)CO2. The number of amides is 1. The number of hydrogen-bond donors (Lipinski definition) is 1. The first-order valence-corrected chi connectivity index (χ1v) is 9.70. The van der Waals surface area contributed by atoms with Gasteiger partial charge in [0.2, 0.25) is 0 Å². The van der Waals surface area contributed by atoms with E-state index in [0.717, 1.165) is 46.4 Å². The van der Waals surface area contributed by atoms with Crippen molar-refractivity contribution in [2.75, 3.05) is 19.7 Å². The van der Waals surface area contributed by atoms with Crippen molar-refractivity contribution in [2.24, 2.45) is 5.73 Å². The summed E-state index contributed by atoms with van der Waals surface area (Å²) < 4.78 is 7.03. The van der Waals surface area contributed by atoms with E-state index in [1.807, 2.05) is 41.3 Å². The third-order valence-corrected chi connectivity index (χ3v) is 6.11. The molecule has 0 unspecified atom stereocenters. The topological polar surface area (TPSA) is 55.6 Å². The molecule has 5 heteroatoms. The number of nitrogens with zero attached hydrogens (tertiary/aromatic N) is 1. The van der Waals surface area contributed by atoms with Crippen LogP contribution in [-0.4, -0.2) is 30.5 Å². The van der Waals surface area contributed by atoms with Gasteiger partial charge in [-0.2, -0.15) is 0 Å². The number of likely N-dealkylation sites (tertiary alicyclic amines) is 1. The average Bonchev–Trinajstić information content (AvgIpc) is 2.99. The summed E-state index contributed by atoms with van der Waals surface area (Å²) in [4.78, 5) is 14.7. The molecule has 25 heavy (non-hydrogen) atoms. The van der Waals surface area contributed by atoms with E-state index in [0.29, 0.717) is 13.2 Å². The van der Waals surface area contributed by atoms with Gasteiger partial charge in [-0.1, -0.05) is 18.2 Å². The van der Waals surface area contributed by atoms with Crippen LogP contribution in [0, 0.1) is 3.57 Å². The van der Waals surface area contributed by atoms with Gasteiger partial charge in [-0.15, -0.1) is 0 Å². The lowest BCUT2D eigenvalue weighted by Crippen LogP contribution is -2.46. The summed E-state index contributed by atoms with van der Waals surface area (Å²) in [6.45, 7) is 2.78. The van der Waals surface area contributed by atoms with E-state index < -0.39 is 0 Å². The molecule has 2 N–H and O–H groups in total. The Morgan fingerprint density at radius 3 is 2.72 bits per heavy atom. The summed E-state index contributed by atoms with van der Waals surface area (Å²) in [6, 6.07) is 14.1. The molecule has 2 aromatic rings. The van der Waals surface area contributed by atoms with E-state index >= 15 is 0 Å². The molecule has 0 aromatic heterocycles. The number of carbonyl (C=O) groups is 1. The molecule has 2 aliphatic rings. The molecular formula is C20H21IN2O2. The zero-order valence-corrected chi connectivity index (χ0v) is 16.2. The maximum absolute atomic E-state index is 12.8. The maximum atomic E-state index is 12.8. The first kappa shape index (κ1) is 16.8. The molecule has 0 saturated carbocycles. The first-order valence-electron chi connectivity index (χ1n) is 8.62. The lowest BCUT2D eigenvalue weighted by atomic mass is 9.74. The van der Waals surface area contributed by atoms with Crippen LogP contribution in [0.4, 0.5) is 0 Å². The number of halogens is 1. The van der Waals surface area contributed by atoms with E-state index in [1.165, 1.54) is 5.56 Å². The summed E-state index contributed by atoms with van der Waals surface area (Å²) in [6.07, 6.45) is 1.87. The molecule has 0 bridgehead atoms. The molecule has 4 rings (SSSR count). The van der Waals surface area contributed by atoms with Crippen LogP contribution < -0.4 is 10.5 Å². The van der Waals surface area contributed by atoms with Crippen molar-refractivity contribution in [1.82, 2.24) is 4.90 Å². The second kappa shape index (κ2) is 6.61. The van der Waals surface area contributed by atoms with Crippen molar-refractivity contribution in [3.05, 3.63) is 62.7 Å². The maximum Gasteiger partial charge on any atom is 0.253 e. The average molecular weight is 448 g/mol. The highest BCUT2D eigenvalue weighted by Crippen LogP contribution is 2.45. The van der Waals surface area contributed by atoms with Crippen LogP contribution in [-0.2, 0) is 12.0 Å². The van der Waals surface area contributed by atoms with Crippen LogP contribution in [0.3, 0.4) is 0 Å². The van der Waals surface area contributed by atoms with Crippen LogP contribution in [0.5, 0.6) is 5.75 Å². The van der Waals surface area contributed by atoms with Gasteiger partial charge in [0, 0.05) is 39.7 Å². The second-order valence-electron chi connectivity index (χ2n) is 6.91. The number of hydrogen-bond acceptors (Lipinski definition) is 3. The van der Waals surface area contributed by atoms with Gasteiger partial charge in [-0.3, -0.25) is 4.79 Å². The number of nitrogens with two attached hydrogens (primary N) is 1. The quantitative estimate of drug-likeness (QED) is 0.718. The number of piperidine rings is 1. The van der Waals surface area contributed by atoms with Crippen molar-refractivity contribution in [2.45, 2.75) is 24.8 Å². The minimum absolute atomic E-state index is 0.0302. The van der Waals surface area contributed by atoms with Gasteiger partial charge >= 0.3 is 0 Å². The molecule has 2 aliphatic heterocycles. The van der Waals surface area contributed by atoms with Crippen molar-refractivity contribution < 1.29 is 9.53 Å². The minimum Gasteiger partial charge on any atom is -0.492 e. The van der Waals surface area contributed by atoms with E-state index in [9.17, 15) is 4.79 Å². The molecule has 1 spiro atoms. The van der Waals surface area contributed by atoms with Crippen molar-refractivity contribution >= 4 is 28.5 Å². The second-order valence-corrected chi connectivity index (χ2v) is 8.15. The molecular weight excluding hydrogens is 427 g/mol. The third-order valence-electron chi connectivity index (χ3n) is 5.43. The van der Waals surface area contributed by atoms with Gasteiger partial charge in [0.25, 0.3) is 5.91 Å². The Balaban J connectivity index is 1.52. The Bertz CT molecular complexity index is 813. The van der Waals surface area contributed by atoms with E-state index in [1.54, 1.807) is 0 Å². The highest BCUT2D eigenvalue weighted by molar-refractivity contribution is 14.1. The molecule has 130 valence electrons. The Hall–Kier alpha value is -1.60. The Kier molecular flexibility index (Phi) is 4.45. The summed E-state index contributed by atoms with van der Waals surface area (Å²) in [5.41, 5.74) is 9.03. The summed E-state index contributed by atoms with van der Waals surface area (Å²) in [5.74, 6) is 1.11. The third kappa shape index (κ3) is 3.04. The summed E-state index contributed by atoms with van der Waals surface area (Å²) in [5, 5.41) is 0. The van der Waals surface area contributed by atoms with Crippen LogP contribution in [0.1, 0.15) is 34.3 Å². The molecule has 0 atom stereocenters. The predicted octanol–water partition coefficient (Wildman–Crippen LogP) is 3.32. The molecule has 1 amide bonds. The molecule has 1 fully saturated rings. The molecule has 0 aliphatic carbocycles. The zero-order chi connectivity index (χ0) is 17.4. The molecule has 1 saturated heterocycles. The summed E-state index contributed by atoms with van der Waals surface area (Å²) >= 11 is 2.24. The predicted molar refractivity (Wildman–Crippen MR) is 106 cm³/mol. The van der Waals surface area contributed by atoms with Gasteiger partial charge in [-0.05, 0) is 65.3 Å². The largest absolute Gasteiger partial charge is 0.492 e. The smallest absolute Gasteiger partial charge is 0.253 e. The lowest BCUT2D eigenvalue weighted by Gasteiger charge is -2.38. The van der Waals surface area contributed by atoms with Crippen LogP contribution in [0.2, 0.25) is 0 Å². The van der Waals surface area contributed by atoms with Gasteiger partial charge in [-0.25, -0.2) is 0 Å². The highest BCUT2D eigenvalue weighted by atomic mass is 127. The Morgan fingerprint density at radius 2 is 2.00 bits per heavy atom. The molecule has 2 heterocycles. The lowest BCUT2D eigenvalue weighted by molar-refractivity contribution is 0.0646. The Labute approximate surface area is 161 Å². The Morgan fingerprint density at radius 1 is 1.20 bits per heavy atom. The highest BCUT2D eigenvalue weighted by Gasteiger charge is 2.43. The fourth-order valence-corrected chi connectivity index (χ4v) is 4.44. The normalized spacial score (nSPS) is 18.1. The van der Waals surface area contributed by atoms with E-state index in [2.05, 4.69) is 28.7 Å². The number of rotatable bonds is 2. The van der Waals surface area contributed by atoms with Gasteiger partial charge in [0.15, 0.2) is 0 Å². The van der Waals surface area contributed by atoms with Gasteiger partial charge in [0.05, 0.1) is 6.61 Å². The van der Waals surface area contributed by atoms with Crippen molar-refractivity contribution in [1.29, 1.82) is 0 Å². The molecule has 0 radical (unpaired) electrons. The van der Waals surface area contributed by atoms with E-state index in [4.69, 9.17) is 10.5 Å². The first-order chi connectivity index (χ1) is 12.1. The van der Waals surface area contributed by atoms with Crippen LogP contribution in [0.25, 0.3) is 0 Å². The van der Waals surface area contributed by atoms with Gasteiger partial charge in [0.1, 0.15) is 5.75 Å². The molecule has 4 nitrogen and oxygen atoms in total. The fraction of sp³-hybridized carbons (Fsp3) is 0.350. The molecule has 2 aromatic carbocycles. The number of carbonyl (C=O) groups excluding carboxylic acids is 1. The summed E-state index contributed by atoms with van der Waals surface area (Å²) in [7, 11) is 0. The van der Waals surface area contributed by atoms with Crippen LogP contribution >= 0.6 is 22.6 Å².